The van der Waals surface area contributed by atoms with Crippen molar-refractivity contribution in [2.24, 2.45) is 11.8 Å². The van der Waals surface area contributed by atoms with Crippen molar-refractivity contribution < 1.29 is 14.7 Å². The Labute approximate surface area is 140 Å². The van der Waals surface area contributed by atoms with Gasteiger partial charge in [-0.2, -0.15) is 0 Å². The summed E-state index contributed by atoms with van der Waals surface area (Å²) in [4.78, 5) is 26.5. The van der Waals surface area contributed by atoms with E-state index in [-0.39, 0.29) is 17.7 Å². The lowest BCUT2D eigenvalue weighted by Gasteiger charge is -2.48. The van der Waals surface area contributed by atoms with Crippen LogP contribution < -0.4 is 0 Å². The van der Waals surface area contributed by atoms with Crippen LogP contribution in [0.4, 0.5) is 0 Å². The Balaban J connectivity index is 2.02. The molecule has 122 valence electrons. The molecular weight excluding hydrogens is 302 g/mol. The summed E-state index contributed by atoms with van der Waals surface area (Å²) in [5.74, 6) is -2.76. The lowest BCUT2D eigenvalue weighted by Crippen LogP contribution is -2.49. The molecule has 2 aromatic carbocycles. The standard InChI is InChI=1S/C20H19NO3/c1-21(2)19(22)17-15-11-7-3-5-9-13(11)16(18(17)20(23)24)14-10-6-4-8-12(14)15/h3-10,15-18H,1-2H3,(H,23,24)/t15?,16?,17-,18-/m1/s1. The van der Waals surface area contributed by atoms with E-state index in [1.165, 1.54) is 4.90 Å². The fourth-order valence-corrected chi connectivity index (χ4v) is 4.57. The highest BCUT2D eigenvalue weighted by Gasteiger charge is 2.55. The van der Waals surface area contributed by atoms with E-state index in [1.54, 1.807) is 14.1 Å². The van der Waals surface area contributed by atoms with Gasteiger partial charge in [0.05, 0.1) is 11.8 Å². The van der Waals surface area contributed by atoms with Crippen LogP contribution in [0, 0.1) is 11.8 Å². The van der Waals surface area contributed by atoms with Crippen molar-refractivity contribution in [3.8, 4) is 0 Å². The first kappa shape index (κ1) is 14.9. The van der Waals surface area contributed by atoms with E-state index in [2.05, 4.69) is 0 Å². The number of hydrogen-bond donors (Lipinski definition) is 1. The summed E-state index contributed by atoms with van der Waals surface area (Å²) in [5.41, 5.74) is 4.30. The average Bonchev–Trinajstić information content (AvgIpc) is 2.60. The lowest BCUT2D eigenvalue weighted by atomic mass is 9.54. The Morgan fingerprint density at radius 2 is 1.17 bits per heavy atom. The topological polar surface area (TPSA) is 57.6 Å². The highest BCUT2D eigenvalue weighted by molar-refractivity contribution is 5.89. The van der Waals surface area contributed by atoms with Crippen molar-refractivity contribution >= 4 is 11.9 Å². The molecule has 0 fully saturated rings. The van der Waals surface area contributed by atoms with Gasteiger partial charge in [-0.1, -0.05) is 48.5 Å². The Bertz CT molecular complexity index is 795. The summed E-state index contributed by atoms with van der Waals surface area (Å²) in [6.45, 7) is 0. The van der Waals surface area contributed by atoms with Gasteiger partial charge in [0.2, 0.25) is 5.91 Å². The van der Waals surface area contributed by atoms with E-state index in [1.807, 2.05) is 48.5 Å². The first-order chi connectivity index (χ1) is 11.5. The number of rotatable bonds is 2. The summed E-state index contributed by atoms with van der Waals surface area (Å²) >= 11 is 0. The molecule has 5 rings (SSSR count). The number of nitrogens with zero attached hydrogens (tertiary/aromatic N) is 1. The number of hydrogen-bond acceptors (Lipinski definition) is 2. The minimum atomic E-state index is -0.894. The molecule has 0 spiro atoms. The van der Waals surface area contributed by atoms with Crippen molar-refractivity contribution in [3.63, 3.8) is 0 Å². The van der Waals surface area contributed by atoms with Crippen molar-refractivity contribution in [1.29, 1.82) is 0 Å². The smallest absolute Gasteiger partial charge is 0.308 e. The molecule has 4 nitrogen and oxygen atoms in total. The van der Waals surface area contributed by atoms with Crippen LogP contribution in [0.25, 0.3) is 0 Å². The van der Waals surface area contributed by atoms with E-state index in [0.717, 1.165) is 22.3 Å². The van der Waals surface area contributed by atoms with Gasteiger partial charge in [0, 0.05) is 25.9 Å². The Morgan fingerprint density at radius 3 is 1.50 bits per heavy atom. The zero-order valence-corrected chi connectivity index (χ0v) is 13.6. The third-order valence-electron chi connectivity index (χ3n) is 5.45. The second kappa shape index (κ2) is 5.20. The van der Waals surface area contributed by atoms with Crippen LogP contribution in [-0.4, -0.2) is 36.0 Å². The lowest BCUT2D eigenvalue weighted by molar-refractivity contribution is -0.151. The Hall–Kier alpha value is -2.62. The molecule has 24 heavy (non-hydrogen) atoms. The molecule has 3 aliphatic carbocycles. The molecule has 2 bridgehead atoms. The fourth-order valence-electron chi connectivity index (χ4n) is 4.57. The number of carbonyl (C=O) groups excluding carboxylic acids is 1. The minimum absolute atomic E-state index is 0.110. The highest BCUT2D eigenvalue weighted by Crippen LogP contribution is 2.58. The normalized spacial score (nSPS) is 26.4. The number of carbonyl (C=O) groups is 2. The van der Waals surface area contributed by atoms with Crippen molar-refractivity contribution in [3.05, 3.63) is 70.8 Å². The Kier molecular flexibility index (Phi) is 3.23. The van der Waals surface area contributed by atoms with Crippen LogP contribution in [-0.2, 0) is 9.59 Å². The molecule has 0 unspecified atom stereocenters. The molecule has 0 saturated carbocycles. The highest BCUT2D eigenvalue weighted by atomic mass is 16.4. The molecule has 0 saturated heterocycles. The second-order valence-corrected chi connectivity index (χ2v) is 6.84. The number of carboxylic acids is 1. The zero-order valence-electron chi connectivity index (χ0n) is 13.6. The van der Waals surface area contributed by atoms with Crippen LogP contribution in [0.3, 0.4) is 0 Å². The third kappa shape index (κ3) is 1.86. The van der Waals surface area contributed by atoms with Crippen LogP contribution in [0.15, 0.2) is 48.5 Å². The van der Waals surface area contributed by atoms with E-state index in [4.69, 9.17) is 0 Å². The number of amides is 1. The van der Waals surface area contributed by atoms with Gasteiger partial charge >= 0.3 is 5.97 Å². The molecule has 0 aromatic heterocycles. The van der Waals surface area contributed by atoms with Crippen molar-refractivity contribution in [2.75, 3.05) is 14.1 Å². The van der Waals surface area contributed by atoms with E-state index < -0.39 is 17.8 Å². The fraction of sp³-hybridized carbons (Fsp3) is 0.300. The van der Waals surface area contributed by atoms with Gasteiger partial charge in [0.25, 0.3) is 0 Å². The molecule has 2 atom stereocenters. The quantitative estimate of drug-likeness (QED) is 0.925. The molecule has 0 heterocycles. The van der Waals surface area contributed by atoms with Gasteiger partial charge < -0.3 is 10.0 Å². The maximum atomic E-state index is 12.9. The van der Waals surface area contributed by atoms with Gasteiger partial charge in [0.1, 0.15) is 0 Å². The average molecular weight is 321 g/mol. The largest absolute Gasteiger partial charge is 0.481 e. The van der Waals surface area contributed by atoms with Crippen molar-refractivity contribution in [1.82, 2.24) is 4.90 Å². The molecule has 1 N–H and O–H groups in total. The van der Waals surface area contributed by atoms with Crippen LogP contribution in [0.1, 0.15) is 34.1 Å². The van der Waals surface area contributed by atoms with E-state index in [0.29, 0.717) is 0 Å². The summed E-state index contributed by atoms with van der Waals surface area (Å²) in [6, 6.07) is 15.9. The van der Waals surface area contributed by atoms with Crippen LogP contribution in [0.2, 0.25) is 0 Å². The van der Waals surface area contributed by atoms with Crippen molar-refractivity contribution in [2.45, 2.75) is 11.8 Å². The monoisotopic (exact) mass is 321 g/mol. The third-order valence-corrected chi connectivity index (χ3v) is 5.45. The molecule has 3 aliphatic rings. The predicted molar refractivity (Wildman–Crippen MR) is 89.9 cm³/mol. The van der Waals surface area contributed by atoms with Gasteiger partial charge in [0.15, 0.2) is 0 Å². The molecule has 0 aliphatic heterocycles. The first-order valence-corrected chi connectivity index (χ1v) is 8.14. The SMILES string of the molecule is CN(C)C(=O)[C@@H]1C2c3ccccc3C(c3ccccc32)[C@H]1C(=O)O. The Morgan fingerprint density at radius 1 is 0.792 bits per heavy atom. The number of carboxylic acid groups (broad SMARTS) is 1. The van der Waals surface area contributed by atoms with Gasteiger partial charge in [-0.3, -0.25) is 9.59 Å². The van der Waals surface area contributed by atoms with Gasteiger partial charge in [-0.25, -0.2) is 0 Å². The summed E-state index contributed by atoms with van der Waals surface area (Å²) in [5, 5.41) is 9.94. The molecule has 0 radical (unpaired) electrons. The predicted octanol–water partition coefficient (Wildman–Crippen LogP) is 2.68. The summed E-state index contributed by atoms with van der Waals surface area (Å²) in [7, 11) is 3.39. The molecule has 1 amide bonds. The maximum absolute atomic E-state index is 12.9. The second-order valence-electron chi connectivity index (χ2n) is 6.84. The van der Waals surface area contributed by atoms with Crippen LogP contribution in [0.5, 0.6) is 0 Å². The summed E-state index contributed by atoms with van der Waals surface area (Å²) in [6.07, 6.45) is 0. The van der Waals surface area contributed by atoms with Crippen LogP contribution >= 0.6 is 0 Å². The number of aliphatic carboxylic acids is 1. The van der Waals surface area contributed by atoms with Gasteiger partial charge in [-0.05, 0) is 22.3 Å². The number of benzene rings is 2. The number of fused-ring (bicyclic) bond motifs is 1. The van der Waals surface area contributed by atoms with E-state index in [9.17, 15) is 14.7 Å². The maximum Gasteiger partial charge on any atom is 0.308 e. The molecule has 4 heteroatoms. The van der Waals surface area contributed by atoms with E-state index >= 15 is 0 Å². The minimum Gasteiger partial charge on any atom is -0.481 e. The molecule has 2 aromatic rings. The zero-order chi connectivity index (χ0) is 17.0. The van der Waals surface area contributed by atoms with Gasteiger partial charge in [-0.15, -0.1) is 0 Å². The first-order valence-electron chi connectivity index (χ1n) is 8.14. The molecular formula is C20H19NO3. The summed E-state index contributed by atoms with van der Waals surface area (Å²) < 4.78 is 0.